The van der Waals surface area contributed by atoms with Crippen molar-refractivity contribution in [3.05, 3.63) is 91.8 Å². The lowest BCUT2D eigenvalue weighted by atomic mass is 9.99. The van der Waals surface area contributed by atoms with E-state index in [2.05, 4.69) is 0 Å². The van der Waals surface area contributed by atoms with Crippen LogP contribution in [0.5, 0.6) is 11.5 Å². The molecule has 3 aromatic carbocycles. The van der Waals surface area contributed by atoms with Crippen molar-refractivity contribution in [3.8, 4) is 22.6 Å². The van der Waals surface area contributed by atoms with E-state index >= 15 is 0 Å². The summed E-state index contributed by atoms with van der Waals surface area (Å²) in [6.07, 6.45) is -4.36. The topological polar surface area (TPSA) is 51.9 Å². The maximum absolute atomic E-state index is 14.2. The van der Waals surface area contributed by atoms with E-state index in [1.54, 1.807) is 24.3 Å². The van der Waals surface area contributed by atoms with Gasteiger partial charge >= 0.3 is 6.18 Å². The Morgan fingerprint density at radius 2 is 1.86 bits per heavy atom. The summed E-state index contributed by atoms with van der Waals surface area (Å²) in [5.74, 6) is -0.879. The molecule has 1 aliphatic rings. The second-order valence-corrected chi connectivity index (χ2v) is 9.41. The maximum atomic E-state index is 14.2. The highest BCUT2D eigenvalue weighted by molar-refractivity contribution is 6.35. The number of hydrogen-bond acceptors (Lipinski definition) is 5. The van der Waals surface area contributed by atoms with E-state index in [9.17, 15) is 18.0 Å². The first-order valence-electron chi connectivity index (χ1n) is 11.3. The molecular formula is C27H20Cl2F3NO4. The van der Waals surface area contributed by atoms with E-state index in [1.165, 1.54) is 31.4 Å². The van der Waals surface area contributed by atoms with Crippen LogP contribution in [0, 0.1) is 0 Å². The predicted molar refractivity (Wildman–Crippen MR) is 136 cm³/mol. The van der Waals surface area contributed by atoms with Crippen LogP contribution in [-0.4, -0.2) is 25.3 Å². The fraction of sp³-hybridized carbons (Fsp3) is 0.222. The highest BCUT2D eigenvalue weighted by Crippen LogP contribution is 2.42. The van der Waals surface area contributed by atoms with Gasteiger partial charge in [0.05, 0.1) is 23.6 Å². The van der Waals surface area contributed by atoms with E-state index in [4.69, 9.17) is 37.1 Å². The third-order valence-corrected chi connectivity index (χ3v) is 6.84. The summed E-state index contributed by atoms with van der Waals surface area (Å²) in [4.78, 5) is 15.4. The van der Waals surface area contributed by atoms with Gasteiger partial charge in [-0.2, -0.15) is 13.2 Å². The SMILES string of the molecule is COc1ccccc1-c1c(C(F)(F)F)oc2c3c(ccc2c1=O)OCN(CCc1ccc(Cl)cc1Cl)C3. The van der Waals surface area contributed by atoms with Gasteiger partial charge in [-0.3, -0.25) is 9.69 Å². The largest absolute Gasteiger partial charge is 0.496 e. The average Bonchev–Trinajstić information content (AvgIpc) is 2.87. The van der Waals surface area contributed by atoms with Crippen molar-refractivity contribution in [2.75, 3.05) is 20.4 Å². The van der Waals surface area contributed by atoms with Gasteiger partial charge < -0.3 is 13.9 Å². The lowest BCUT2D eigenvalue weighted by Crippen LogP contribution is -2.34. The monoisotopic (exact) mass is 549 g/mol. The number of hydrogen-bond donors (Lipinski definition) is 0. The van der Waals surface area contributed by atoms with Crippen LogP contribution < -0.4 is 14.9 Å². The van der Waals surface area contributed by atoms with Crippen molar-refractivity contribution in [2.45, 2.75) is 19.1 Å². The Bertz CT molecular complexity index is 1550. The molecule has 0 N–H and O–H groups in total. The fourth-order valence-corrected chi connectivity index (χ4v) is 4.96. The molecule has 0 saturated heterocycles. The second kappa shape index (κ2) is 9.93. The van der Waals surface area contributed by atoms with E-state index in [1.807, 2.05) is 11.0 Å². The van der Waals surface area contributed by atoms with E-state index in [-0.39, 0.29) is 35.6 Å². The minimum absolute atomic E-state index is 0.00316. The quantitative estimate of drug-likeness (QED) is 0.263. The van der Waals surface area contributed by atoms with Gasteiger partial charge in [0.2, 0.25) is 11.2 Å². The number of methoxy groups -OCH3 is 1. The van der Waals surface area contributed by atoms with E-state index in [0.717, 1.165) is 5.56 Å². The number of halogens is 5. The molecule has 0 unspecified atom stereocenters. The zero-order valence-electron chi connectivity index (χ0n) is 19.5. The molecular weight excluding hydrogens is 530 g/mol. The number of para-hydroxylation sites is 1. The van der Waals surface area contributed by atoms with Crippen LogP contribution in [0.2, 0.25) is 10.0 Å². The molecule has 0 aliphatic carbocycles. The number of benzene rings is 3. The Morgan fingerprint density at radius 3 is 2.59 bits per heavy atom. The summed E-state index contributed by atoms with van der Waals surface area (Å²) in [5, 5.41) is 1.08. The molecule has 0 spiro atoms. The minimum Gasteiger partial charge on any atom is -0.496 e. The zero-order chi connectivity index (χ0) is 26.3. The normalized spacial score (nSPS) is 13.9. The molecule has 0 atom stereocenters. The van der Waals surface area contributed by atoms with Gasteiger partial charge in [-0.15, -0.1) is 0 Å². The molecule has 0 bridgehead atoms. The predicted octanol–water partition coefficient (Wildman–Crippen LogP) is 7.19. The summed E-state index contributed by atoms with van der Waals surface area (Å²) in [6, 6.07) is 14.3. The number of ether oxygens (including phenoxy) is 2. The molecule has 0 saturated carbocycles. The number of fused-ring (bicyclic) bond motifs is 3. The molecule has 2 heterocycles. The lowest BCUT2D eigenvalue weighted by Gasteiger charge is -2.29. The molecule has 0 fully saturated rings. The Kier molecular flexibility index (Phi) is 6.83. The summed E-state index contributed by atoms with van der Waals surface area (Å²) in [6.45, 7) is 0.957. The number of alkyl halides is 3. The highest BCUT2D eigenvalue weighted by Gasteiger charge is 2.40. The lowest BCUT2D eigenvalue weighted by molar-refractivity contribution is -0.152. The van der Waals surface area contributed by atoms with Gasteiger partial charge in [0, 0.05) is 28.7 Å². The molecule has 1 aliphatic heterocycles. The van der Waals surface area contributed by atoms with Crippen molar-refractivity contribution < 1.29 is 27.1 Å². The Morgan fingerprint density at radius 1 is 1.08 bits per heavy atom. The molecule has 0 amide bonds. The van der Waals surface area contributed by atoms with Crippen molar-refractivity contribution in [1.82, 2.24) is 4.90 Å². The van der Waals surface area contributed by atoms with E-state index < -0.39 is 22.9 Å². The third-order valence-electron chi connectivity index (χ3n) is 6.25. The van der Waals surface area contributed by atoms with Gasteiger partial charge in [0.15, 0.2) is 0 Å². The van der Waals surface area contributed by atoms with Gasteiger partial charge in [-0.25, -0.2) is 0 Å². The van der Waals surface area contributed by atoms with Crippen molar-refractivity contribution >= 4 is 34.2 Å². The van der Waals surface area contributed by atoms with Crippen LogP contribution in [0.3, 0.4) is 0 Å². The number of rotatable bonds is 5. The molecule has 4 aromatic rings. The van der Waals surface area contributed by atoms with Gasteiger partial charge in [-0.1, -0.05) is 47.5 Å². The van der Waals surface area contributed by atoms with Crippen LogP contribution in [0.4, 0.5) is 13.2 Å². The van der Waals surface area contributed by atoms with Gasteiger partial charge in [0.25, 0.3) is 0 Å². The van der Waals surface area contributed by atoms with Crippen molar-refractivity contribution in [3.63, 3.8) is 0 Å². The smallest absolute Gasteiger partial charge is 0.450 e. The first-order valence-corrected chi connectivity index (χ1v) is 12.1. The zero-order valence-corrected chi connectivity index (χ0v) is 21.0. The van der Waals surface area contributed by atoms with Crippen molar-refractivity contribution in [2.24, 2.45) is 0 Å². The minimum atomic E-state index is -4.92. The molecule has 0 radical (unpaired) electrons. The Balaban J connectivity index is 1.58. The molecule has 37 heavy (non-hydrogen) atoms. The third kappa shape index (κ3) is 4.89. The highest BCUT2D eigenvalue weighted by atomic mass is 35.5. The summed E-state index contributed by atoms with van der Waals surface area (Å²) < 4.78 is 59.2. The van der Waals surface area contributed by atoms with Gasteiger partial charge in [-0.05, 0) is 42.3 Å². The molecule has 1 aromatic heterocycles. The van der Waals surface area contributed by atoms with Gasteiger partial charge in [0.1, 0.15) is 23.8 Å². The second-order valence-electron chi connectivity index (χ2n) is 8.56. The van der Waals surface area contributed by atoms with Crippen LogP contribution in [-0.2, 0) is 19.1 Å². The summed E-state index contributed by atoms with van der Waals surface area (Å²) >= 11 is 12.2. The van der Waals surface area contributed by atoms with E-state index in [0.29, 0.717) is 34.3 Å². The summed E-state index contributed by atoms with van der Waals surface area (Å²) in [7, 11) is 1.33. The Hall–Kier alpha value is -3.20. The Labute approximate surface area is 219 Å². The standard InChI is InChI=1S/C27H20Cl2F3NO4/c1-35-21-5-3-2-4-17(21)23-24(34)18-8-9-22-19(25(18)37-26(23)27(30,31)32)13-33(14-36-22)11-10-15-6-7-16(28)12-20(15)29/h2-9,12H,10-11,13-14H2,1H3. The van der Waals surface area contributed by atoms with Crippen LogP contribution in [0.15, 0.2) is 63.8 Å². The molecule has 5 nitrogen and oxygen atoms in total. The van der Waals surface area contributed by atoms with Crippen LogP contribution in [0.25, 0.3) is 22.1 Å². The first kappa shape index (κ1) is 25.4. The molecule has 192 valence electrons. The van der Waals surface area contributed by atoms with Crippen LogP contribution in [0.1, 0.15) is 16.9 Å². The summed E-state index contributed by atoms with van der Waals surface area (Å²) in [5.41, 5.74) is -0.289. The van der Waals surface area contributed by atoms with Crippen LogP contribution >= 0.6 is 23.2 Å². The first-order chi connectivity index (χ1) is 17.7. The average molecular weight is 550 g/mol. The molecule has 10 heteroatoms. The molecule has 5 rings (SSSR count). The maximum Gasteiger partial charge on any atom is 0.450 e. The van der Waals surface area contributed by atoms with Crippen molar-refractivity contribution in [1.29, 1.82) is 0 Å². The fourth-order valence-electron chi connectivity index (χ4n) is 4.45. The number of nitrogens with zero attached hydrogens (tertiary/aromatic N) is 1.